The molecule has 12 nitrogen and oxygen atoms in total. The second-order valence-electron chi connectivity index (χ2n) is 6.71. The highest BCUT2D eigenvalue weighted by Gasteiger charge is 2.19. The summed E-state index contributed by atoms with van der Waals surface area (Å²) in [5.74, 6) is 1.12. The topological polar surface area (TPSA) is 135 Å². The molecule has 0 aliphatic rings. The van der Waals surface area contributed by atoms with E-state index in [-0.39, 0.29) is 6.61 Å². The largest absolute Gasteiger partial charge is 0.471 e. The average molecular weight is 451 g/mol. The number of hydrogen-bond acceptors (Lipinski definition) is 10. The lowest BCUT2D eigenvalue weighted by Gasteiger charge is -2.06. The molecule has 5 rings (SSSR count). The van der Waals surface area contributed by atoms with Gasteiger partial charge in [0.1, 0.15) is 18.6 Å². The first-order valence-electron chi connectivity index (χ1n) is 9.41. The number of aryl methyl sites for hydroxylation is 1. The molecule has 0 aromatic carbocycles. The van der Waals surface area contributed by atoms with E-state index in [9.17, 15) is 0 Å². The zero-order chi connectivity index (χ0) is 21.9. The second-order valence-corrected chi connectivity index (χ2v) is 7.15. The van der Waals surface area contributed by atoms with Gasteiger partial charge in [-0.3, -0.25) is 9.67 Å². The number of nitrogens with zero attached hydrogens (tertiary/aromatic N) is 10. The third kappa shape index (κ3) is 4.16. The zero-order valence-corrected chi connectivity index (χ0v) is 17.5. The van der Waals surface area contributed by atoms with E-state index in [0.717, 1.165) is 11.3 Å². The minimum Gasteiger partial charge on any atom is -0.471 e. The Bertz CT molecular complexity index is 1310. The molecule has 5 heterocycles. The monoisotopic (exact) mass is 450 g/mol. The number of ether oxygens (including phenoxy) is 1. The Morgan fingerprint density at radius 3 is 2.78 bits per heavy atom. The van der Waals surface area contributed by atoms with Gasteiger partial charge in [-0.25, -0.2) is 9.67 Å². The molecule has 0 saturated carbocycles. The number of hydrogen-bond donors (Lipinski definition) is 0. The highest BCUT2D eigenvalue weighted by molar-refractivity contribution is 6.30. The van der Waals surface area contributed by atoms with Crippen LogP contribution in [0, 0.1) is 0 Å². The lowest BCUT2D eigenvalue weighted by Crippen LogP contribution is -2.05. The van der Waals surface area contributed by atoms with E-state index in [1.807, 2.05) is 12.1 Å². The van der Waals surface area contributed by atoms with E-state index in [0.29, 0.717) is 40.4 Å². The van der Waals surface area contributed by atoms with Gasteiger partial charge in [0.05, 0.1) is 29.0 Å². The van der Waals surface area contributed by atoms with Crippen molar-refractivity contribution in [3.63, 3.8) is 0 Å². The Labute approximate surface area is 185 Å². The fourth-order valence-electron chi connectivity index (χ4n) is 2.93. The maximum absolute atomic E-state index is 5.86. The van der Waals surface area contributed by atoms with Crippen LogP contribution in [0.5, 0.6) is 5.88 Å². The quantitative estimate of drug-likeness (QED) is 0.363. The average Bonchev–Trinajstić information content (AvgIpc) is 3.56. The van der Waals surface area contributed by atoms with E-state index in [1.54, 1.807) is 40.9 Å². The Morgan fingerprint density at radius 2 is 2.03 bits per heavy atom. The first kappa shape index (κ1) is 19.8. The summed E-state index contributed by atoms with van der Waals surface area (Å²) < 4.78 is 14.5. The summed E-state index contributed by atoms with van der Waals surface area (Å²) in [4.78, 5) is 13.0. The molecular weight excluding hydrogens is 436 g/mol. The summed E-state index contributed by atoms with van der Waals surface area (Å²) in [6, 6.07) is 7.12. The van der Waals surface area contributed by atoms with Crippen LogP contribution in [-0.4, -0.2) is 50.1 Å². The lowest BCUT2D eigenvalue weighted by atomic mass is 10.2. The smallest absolute Gasteiger partial charge is 0.261 e. The third-order valence-electron chi connectivity index (χ3n) is 4.56. The van der Waals surface area contributed by atoms with Gasteiger partial charge in [0, 0.05) is 25.5 Å². The molecule has 0 radical (unpaired) electrons. The van der Waals surface area contributed by atoms with E-state index in [1.165, 1.54) is 12.5 Å². The fraction of sp³-hybridized carbons (Fsp3) is 0.158. The molecule has 0 bridgehead atoms. The maximum Gasteiger partial charge on any atom is 0.261 e. The van der Waals surface area contributed by atoms with Crippen molar-refractivity contribution < 1.29 is 9.26 Å². The van der Waals surface area contributed by atoms with Crippen LogP contribution in [0.3, 0.4) is 0 Å². The Balaban J connectivity index is 1.33. The molecule has 0 saturated heterocycles. The van der Waals surface area contributed by atoms with Gasteiger partial charge < -0.3 is 9.26 Å². The molecule has 0 aliphatic carbocycles. The summed E-state index contributed by atoms with van der Waals surface area (Å²) in [5.41, 5.74) is 2.93. The lowest BCUT2D eigenvalue weighted by molar-refractivity contribution is 0.283. The van der Waals surface area contributed by atoms with Crippen molar-refractivity contribution in [2.24, 2.45) is 7.05 Å². The van der Waals surface area contributed by atoms with Crippen LogP contribution >= 0.6 is 11.6 Å². The number of aromatic nitrogens is 10. The molecule has 5 aromatic rings. The van der Waals surface area contributed by atoms with Crippen LogP contribution in [0.4, 0.5) is 0 Å². The Hall–Kier alpha value is -4.19. The van der Waals surface area contributed by atoms with Crippen molar-refractivity contribution in [2.45, 2.75) is 13.2 Å². The first-order chi connectivity index (χ1) is 15.7. The van der Waals surface area contributed by atoms with Crippen LogP contribution < -0.4 is 4.74 Å². The fourth-order valence-corrected chi connectivity index (χ4v) is 3.04. The SMILES string of the molecule is Cn1ncc(-c2nc(-c3ccc(Cn4cnnn4)cn3)no2)c1COc1ccc(Cl)cn1. The molecule has 0 spiro atoms. The van der Waals surface area contributed by atoms with E-state index >= 15 is 0 Å². The van der Waals surface area contributed by atoms with Gasteiger partial charge in [-0.15, -0.1) is 5.10 Å². The summed E-state index contributed by atoms with van der Waals surface area (Å²) in [6.07, 6.45) is 6.42. The molecular formula is C19H15ClN10O2. The van der Waals surface area contributed by atoms with Crippen molar-refractivity contribution in [3.8, 4) is 28.9 Å². The maximum atomic E-state index is 5.86. The van der Waals surface area contributed by atoms with Gasteiger partial charge in [-0.2, -0.15) is 10.1 Å². The highest BCUT2D eigenvalue weighted by atomic mass is 35.5. The van der Waals surface area contributed by atoms with Crippen LogP contribution in [0.25, 0.3) is 23.0 Å². The van der Waals surface area contributed by atoms with Crippen molar-refractivity contribution in [2.75, 3.05) is 0 Å². The van der Waals surface area contributed by atoms with Crippen LogP contribution in [0.2, 0.25) is 5.02 Å². The van der Waals surface area contributed by atoms with Gasteiger partial charge in [0.15, 0.2) is 0 Å². The minimum absolute atomic E-state index is 0.211. The number of tetrazole rings is 1. The van der Waals surface area contributed by atoms with Gasteiger partial charge in [0.2, 0.25) is 11.7 Å². The van der Waals surface area contributed by atoms with Crippen molar-refractivity contribution in [1.29, 1.82) is 0 Å². The molecule has 0 N–H and O–H groups in total. The standard InChI is InChI=1S/C19H15ClN10O2/c1-29-16(10-31-17-5-3-13(20)7-22-17)14(8-24-29)19-25-18(26-32-19)15-4-2-12(6-21-15)9-30-11-23-27-28-30/h2-8,11H,9-10H2,1H3. The summed E-state index contributed by atoms with van der Waals surface area (Å²) in [5, 5.41) is 19.9. The Morgan fingerprint density at radius 1 is 1.09 bits per heavy atom. The minimum atomic E-state index is 0.211. The van der Waals surface area contributed by atoms with Gasteiger partial charge in [-0.1, -0.05) is 22.8 Å². The summed E-state index contributed by atoms with van der Waals surface area (Å²) >= 11 is 5.86. The molecule has 0 atom stereocenters. The predicted molar refractivity (Wildman–Crippen MR) is 110 cm³/mol. The van der Waals surface area contributed by atoms with Crippen LogP contribution in [0.1, 0.15) is 11.3 Å². The van der Waals surface area contributed by atoms with Crippen LogP contribution in [0.15, 0.2) is 53.7 Å². The van der Waals surface area contributed by atoms with Crippen molar-refractivity contribution in [3.05, 3.63) is 65.5 Å². The number of rotatable bonds is 7. The van der Waals surface area contributed by atoms with Crippen molar-refractivity contribution in [1.82, 2.24) is 50.1 Å². The number of halogens is 1. The second kappa shape index (κ2) is 8.51. The molecule has 32 heavy (non-hydrogen) atoms. The Kier molecular flexibility index (Phi) is 5.25. The molecule has 13 heteroatoms. The summed E-state index contributed by atoms with van der Waals surface area (Å²) in [6.45, 7) is 0.724. The van der Waals surface area contributed by atoms with Crippen molar-refractivity contribution >= 4 is 11.6 Å². The van der Waals surface area contributed by atoms with Gasteiger partial charge in [0.25, 0.3) is 5.89 Å². The molecule has 0 fully saturated rings. The molecule has 0 aliphatic heterocycles. The molecule has 5 aromatic heterocycles. The third-order valence-corrected chi connectivity index (χ3v) is 4.79. The van der Waals surface area contributed by atoms with E-state index in [2.05, 4.69) is 40.7 Å². The molecule has 160 valence electrons. The molecule has 0 amide bonds. The predicted octanol–water partition coefficient (Wildman–Crippen LogP) is 2.19. The van der Waals surface area contributed by atoms with Gasteiger partial charge in [-0.05, 0) is 28.1 Å². The number of pyridine rings is 2. The summed E-state index contributed by atoms with van der Waals surface area (Å²) in [7, 11) is 1.81. The van der Waals surface area contributed by atoms with E-state index < -0.39 is 0 Å². The van der Waals surface area contributed by atoms with Crippen LogP contribution in [-0.2, 0) is 20.2 Å². The zero-order valence-electron chi connectivity index (χ0n) is 16.7. The normalized spacial score (nSPS) is 11.1. The molecule has 0 unspecified atom stereocenters. The highest BCUT2D eigenvalue weighted by Crippen LogP contribution is 2.25. The van der Waals surface area contributed by atoms with E-state index in [4.69, 9.17) is 20.9 Å². The van der Waals surface area contributed by atoms with Gasteiger partial charge >= 0.3 is 0 Å². The first-order valence-corrected chi connectivity index (χ1v) is 9.79.